The van der Waals surface area contributed by atoms with Gasteiger partial charge in [-0.05, 0) is 31.9 Å². The molecular weight excluding hydrogens is 304 g/mol. The van der Waals surface area contributed by atoms with Crippen LogP contribution in [0.2, 0.25) is 0 Å². The number of aromatic nitrogens is 1. The van der Waals surface area contributed by atoms with Gasteiger partial charge in [-0.1, -0.05) is 23.4 Å². The number of fused-ring (bicyclic) bond motifs is 1. The molecule has 1 aromatic heterocycles. The monoisotopic (exact) mass is 322 g/mol. The fourth-order valence-corrected chi connectivity index (χ4v) is 4.18. The fraction of sp³-hybridized carbons (Fsp3) is 0.400. The van der Waals surface area contributed by atoms with Crippen LogP contribution in [0.15, 0.2) is 33.7 Å². The molecule has 7 heteroatoms. The van der Waals surface area contributed by atoms with Crippen molar-refractivity contribution >= 4 is 10.0 Å². The number of benzene rings is 1. The zero-order chi connectivity index (χ0) is 15.7. The molecule has 0 bridgehead atoms. The van der Waals surface area contributed by atoms with E-state index in [4.69, 9.17) is 9.26 Å². The predicted octanol–water partition coefficient (Wildman–Crippen LogP) is 2.14. The van der Waals surface area contributed by atoms with E-state index in [1.807, 2.05) is 24.3 Å². The van der Waals surface area contributed by atoms with Crippen LogP contribution >= 0.6 is 0 Å². The summed E-state index contributed by atoms with van der Waals surface area (Å²) >= 11 is 0. The first-order valence-corrected chi connectivity index (χ1v) is 8.61. The van der Waals surface area contributed by atoms with Crippen molar-refractivity contribution in [1.29, 1.82) is 0 Å². The molecule has 2 heterocycles. The molecule has 0 saturated heterocycles. The molecule has 1 aliphatic heterocycles. The Hall–Kier alpha value is -1.86. The molecule has 1 unspecified atom stereocenters. The van der Waals surface area contributed by atoms with E-state index in [2.05, 4.69) is 9.88 Å². The van der Waals surface area contributed by atoms with Crippen LogP contribution in [0.5, 0.6) is 5.75 Å². The highest BCUT2D eigenvalue weighted by Crippen LogP contribution is 2.33. The van der Waals surface area contributed by atoms with Gasteiger partial charge in [0.15, 0.2) is 5.76 Å². The Morgan fingerprint density at radius 2 is 2.09 bits per heavy atom. The zero-order valence-electron chi connectivity index (χ0n) is 12.5. The Balaban J connectivity index is 1.79. The molecule has 1 aromatic carbocycles. The van der Waals surface area contributed by atoms with Crippen LogP contribution in [0, 0.1) is 13.8 Å². The number of rotatable bonds is 4. The first-order valence-electron chi connectivity index (χ1n) is 7.13. The molecule has 1 N–H and O–H groups in total. The van der Waals surface area contributed by atoms with Crippen LogP contribution in [-0.4, -0.2) is 26.7 Å². The highest BCUT2D eigenvalue weighted by molar-refractivity contribution is 7.89. The molecule has 0 radical (unpaired) electrons. The average molecular weight is 322 g/mol. The first-order chi connectivity index (χ1) is 10.5. The zero-order valence-corrected chi connectivity index (χ0v) is 13.3. The van der Waals surface area contributed by atoms with Gasteiger partial charge in [-0.25, -0.2) is 13.1 Å². The number of para-hydroxylation sites is 1. The third-order valence-corrected chi connectivity index (χ3v) is 5.51. The maximum absolute atomic E-state index is 12.4. The quantitative estimate of drug-likeness (QED) is 0.932. The molecule has 3 rings (SSSR count). The van der Waals surface area contributed by atoms with Gasteiger partial charge in [-0.2, -0.15) is 0 Å². The standard InChI is InChI=1S/C15H18N2O4S/c1-10-15(11(2)21-17-10)22(18,19)16-9-12-7-8-20-14-6-4-3-5-13(12)14/h3-6,12,16H,7-9H2,1-2H3. The molecule has 1 aliphatic rings. The van der Waals surface area contributed by atoms with Crippen molar-refractivity contribution in [2.45, 2.75) is 31.1 Å². The summed E-state index contributed by atoms with van der Waals surface area (Å²) in [6.45, 7) is 4.13. The van der Waals surface area contributed by atoms with E-state index in [-0.39, 0.29) is 10.8 Å². The van der Waals surface area contributed by atoms with Crippen molar-refractivity contribution in [1.82, 2.24) is 9.88 Å². The SMILES string of the molecule is Cc1noc(C)c1S(=O)(=O)NCC1CCOc2ccccc21. The largest absolute Gasteiger partial charge is 0.493 e. The molecule has 2 aromatic rings. The van der Waals surface area contributed by atoms with Crippen molar-refractivity contribution in [3.05, 3.63) is 41.3 Å². The van der Waals surface area contributed by atoms with E-state index >= 15 is 0 Å². The summed E-state index contributed by atoms with van der Waals surface area (Å²) in [5.74, 6) is 1.23. The summed E-state index contributed by atoms with van der Waals surface area (Å²) in [6, 6.07) is 7.73. The van der Waals surface area contributed by atoms with E-state index < -0.39 is 10.0 Å². The van der Waals surface area contributed by atoms with Gasteiger partial charge in [0.1, 0.15) is 16.3 Å². The third-order valence-electron chi connectivity index (χ3n) is 3.84. The molecule has 0 saturated carbocycles. The second-order valence-electron chi connectivity index (χ2n) is 5.38. The van der Waals surface area contributed by atoms with E-state index in [0.717, 1.165) is 17.7 Å². The van der Waals surface area contributed by atoms with Crippen molar-refractivity contribution in [2.75, 3.05) is 13.2 Å². The average Bonchev–Trinajstić information content (AvgIpc) is 2.85. The van der Waals surface area contributed by atoms with Crippen LogP contribution in [0.3, 0.4) is 0 Å². The summed E-state index contributed by atoms with van der Waals surface area (Å²) in [6.07, 6.45) is 0.779. The van der Waals surface area contributed by atoms with Crippen molar-refractivity contribution in [3.8, 4) is 5.75 Å². The summed E-state index contributed by atoms with van der Waals surface area (Å²) in [4.78, 5) is 0.132. The lowest BCUT2D eigenvalue weighted by Crippen LogP contribution is -2.31. The van der Waals surface area contributed by atoms with E-state index in [9.17, 15) is 8.42 Å². The molecule has 0 amide bonds. The van der Waals surface area contributed by atoms with Crippen LogP contribution < -0.4 is 9.46 Å². The summed E-state index contributed by atoms with van der Waals surface area (Å²) in [5.41, 5.74) is 1.41. The predicted molar refractivity (Wildman–Crippen MR) is 80.5 cm³/mol. The highest BCUT2D eigenvalue weighted by atomic mass is 32.2. The van der Waals surface area contributed by atoms with Crippen LogP contribution in [0.4, 0.5) is 0 Å². The summed E-state index contributed by atoms with van der Waals surface area (Å²) < 4.78 is 38.1. The summed E-state index contributed by atoms with van der Waals surface area (Å²) in [5, 5.41) is 3.70. The Kier molecular flexibility index (Phi) is 3.92. The van der Waals surface area contributed by atoms with Gasteiger partial charge >= 0.3 is 0 Å². The van der Waals surface area contributed by atoms with Crippen LogP contribution in [0.25, 0.3) is 0 Å². The van der Waals surface area contributed by atoms with Crippen LogP contribution in [-0.2, 0) is 10.0 Å². The van der Waals surface area contributed by atoms with Gasteiger partial charge in [0.25, 0.3) is 0 Å². The van der Waals surface area contributed by atoms with Crippen molar-refractivity contribution < 1.29 is 17.7 Å². The number of sulfonamides is 1. The van der Waals surface area contributed by atoms with Gasteiger partial charge in [0.2, 0.25) is 10.0 Å². The van der Waals surface area contributed by atoms with Gasteiger partial charge in [-0.3, -0.25) is 0 Å². The van der Waals surface area contributed by atoms with E-state index in [1.165, 1.54) is 0 Å². The lowest BCUT2D eigenvalue weighted by Gasteiger charge is -2.25. The fourth-order valence-electron chi connectivity index (χ4n) is 2.77. The second kappa shape index (κ2) is 5.73. The molecule has 118 valence electrons. The third kappa shape index (κ3) is 2.74. The number of aryl methyl sites for hydroxylation is 2. The van der Waals surface area contributed by atoms with Gasteiger partial charge < -0.3 is 9.26 Å². The van der Waals surface area contributed by atoms with Crippen molar-refractivity contribution in [2.24, 2.45) is 0 Å². The first kappa shape index (κ1) is 15.1. The summed E-state index contributed by atoms with van der Waals surface area (Å²) in [7, 11) is -3.63. The Bertz CT molecular complexity index is 763. The van der Waals surface area contributed by atoms with Gasteiger partial charge in [0, 0.05) is 12.5 Å². The van der Waals surface area contributed by atoms with Gasteiger partial charge in [0.05, 0.1) is 6.61 Å². The smallest absolute Gasteiger partial charge is 0.245 e. The topological polar surface area (TPSA) is 81.4 Å². The Morgan fingerprint density at radius 3 is 2.82 bits per heavy atom. The van der Waals surface area contributed by atoms with E-state index in [1.54, 1.807) is 13.8 Å². The van der Waals surface area contributed by atoms with Crippen LogP contribution in [0.1, 0.15) is 29.4 Å². The minimum absolute atomic E-state index is 0.0974. The molecule has 0 spiro atoms. The number of hydrogen-bond donors (Lipinski definition) is 1. The minimum atomic E-state index is -3.63. The molecule has 0 fully saturated rings. The molecule has 0 aliphatic carbocycles. The second-order valence-corrected chi connectivity index (χ2v) is 7.08. The number of ether oxygens (including phenoxy) is 1. The maximum atomic E-state index is 12.4. The van der Waals surface area contributed by atoms with E-state index in [0.29, 0.717) is 24.6 Å². The molecule has 22 heavy (non-hydrogen) atoms. The molecule has 1 atom stereocenters. The maximum Gasteiger partial charge on any atom is 0.245 e. The van der Waals surface area contributed by atoms with Crippen molar-refractivity contribution in [3.63, 3.8) is 0 Å². The lowest BCUT2D eigenvalue weighted by molar-refractivity contribution is 0.267. The number of nitrogens with one attached hydrogen (secondary N) is 1. The highest BCUT2D eigenvalue weighted by Gasteiger charge is 2.27. The number of hydrogen-bond acceptors (Lipinski definition) is 5. The Labute approximate surface area is 129 Å². The lowest BCUT2D eigenvalue weighted by atomic mass is 9.93. The molecular formula is C15H18N2O4S. The normalized spacial score (nSPS) is 17.8. The minimum Gasteiger partial charge on any atom is -0.493 e. The Morgan fingerprint density at radius 1 is 1.32 bits per heavy atom. The molecule has 6 nitrogen and oxygen atoms in total. The number of nitrogens with zero attached hydrogens (tertiary/aromatic N) is 1. The van der Waals surface area contributed by atoms with Gasteiger partial charge in [-0.15, -0.1) is 0 Å².